The summed E-state index contributed by atoms with van der Waals surface area (Å²) in [6, 6.07) is 1.87. The third-order valence-electron chi connectivity index (χ3n) is 3.87. The number of halogens is 1. The molecule has 3 N–H and O–H groups in total. The maximum Gasteiger partial charge on any atom is 0.338 e. The molecule has 0 aromatic heterocycles. The van der Waals surface area contributed by atoms with Crippen LogP contribution in [0.25, 0.3) is 0 Å². The number of unbranched alkanes of at least 4 members (excludes halogenated alkanes) is 7. The lowest BCUT2D eigenvalue weighted by molar-refractivity contribution is 0.0691. The Morgan fingerprint density at radius 2 is 1.44 bits per heavy atom. The maximum atomic E-state index is 13.0. The van der Waals surface area contributed by atoms with Gasteiger partial charge in [-0.2, -0.15) is 0 Å². The molecule has 0 unspecified atom stereocenters. The van der Waals surface area contributed by atoms with Gasteiger partial charge in [-0.15, -0.1) is 0 Å². The summed E-state index contributed by atoms with van der Waals surface area (Å²) < 4.78 is 13.0. The first-order chi connectivity index (χ1) is 11.9. The van der Waals surface area contributed by atoms with Gasteiger partial charge in [0.2, 0.25) is 0 Å². The van der Waals surface area contributed by atoms with Gasteiger partial charge in [0, 0.05) is 6.61 Å². The van der Waals surface area contributed by atoms with E-state index in [4.69, 9.17) is 15.3 Å². The molecule has 5 nitrogen and oxygen atoms in total. The summed E-state index contributed by atoms with van der Waals surface area (Å²) in [7, 11) is 0. The molecule has 6 heteroatoms. The van der Waals surface area contributed by atoms with Gasteiger partial charge in [0.05, 0.1) is 11.1 Å². The number of aliphatic hydroxyl groups is 1. The second kappa shape index (κ2) is 13.4. The quantitative estimate of drug-likeness (QED) is 0.530. The van der Waals surface area contributed by atoms with Crippen LogP contribution in [0.2, 0.25) is 0 Å². The van der Waals surface area contributed by atoms with Crippen molar-refractivity contribution in [3.8, 4) is 0 Å². The lowest BCUT2D eigenvalue weighted by Crippen LogP contribution is -2.09. The molecule has 0 saturated heterocycles. The van der Waals surface area contributed by atoms with E-state index in [1.807, 2.05) is 0 Å². The second-order valence-corrected chi connectivity index (χ2v) is 5.90. The van der Waals surface area contributed by atoms with Crippen LogP contribution in [-0.2, 0) is 0 Å². The number of carboxylic acids is 2. The fourth-order valence-electron chi connectivity index (χ4n) is 2.42. The predicted octanol–water partition coefficient (Wildman–Crippen LogP) is 4.65. The van der Waals surface area contributed by atoms with E-state index < -0.39 is 23.3 Å². The van der Waals surface area contributed by atoms with Crippen LogP contribution in [0.15, 0.2) is 12.1 Å². The van der Waals surface area contributed by atoms with E-state index in [1.165, 1.54) is 51.9 Å². The zero-order valence-electron chi connectivity index (χ0n) is 15.1. The third kappa shape index (κ3) is 9.19. The van der Waals surface area contributed by atoms with E-state index in [-0.39, 0.29) is 11.1 Å². The second-order valence-electron chi connectivity index (χ2n) is 5.90. The Kier molecular flexibility index (Phi) is 12.3. The molecule has 0 aliphatic rings. The largest absolute Gasteiger partial charge is 0.478 e. The SMILES string of the molecule is CCCCCCCCCCO.Cc1c(C(=O)O)ccc(F)c1C(=O)O. The first-order valence-corrected chi connectivity index (χ1v) is 8.73. The zero-order chi connectivity index (χ0) is 19.2. The minimum atomic E-state index is -1.47. The summed E-state index contributed by atoms with van der Waals surface area (Å²) in [5, 5.41) is 25.8. The summed E-state index contributed by atoms with van der Waals surface area (Å²) in [6.07, 6.45) is 10.4. The standard InChI is InChI=1S/C10H22O.C9H7FO4/c1-2-3-4-5-6-7-8-9-10-11;1-4-5(8(11)12)2-3-6(10)7(4)9(13)14/h11H,2-10H2,1H3;2-3H,1H3,(H,11,12)(H,13,14). The van der Waals surface area contributed by atoms with E-state index in [2.05, 4.69) is 6.92 Å². The van der Waals surface area contributed by atoms with E-state index in [9.17, 15) is 14.0 Å². The van der Waals surface area contributed by atoms with Gasteiger partial charge in [-0.1, -0.05) is 51.9 Å². The highest BCUT2D eigenvalue weighted by Gasteiger charge is 2.19. The Bertz CT molecular complexity index is 535. The third-order valence-corrected chi connectivity index (χ3v) is 3.87. The highest BCUT2D eigenvalue weighted by Crippen LogP contribution is 2.17. The summed E-state index contributed by atoms with van der Waals surface area (Å²) in [6.45, 7) is 3.87. The van der Waals surface area contributed by atoms with Crippen LogP contribution < -0.4 is 0 Å². The molecule has 0 atom stereocenters. The molecular weight excluding hydrogens is 327 g/mol. The molecule has 1 aromatic carbocycles. The van der Waals surface area contributed by atoms with Crippen LogP contribution in [0.5, 0.6) is 0 Å². The molecule has 1 aromatic rings. The number of benzene rings is 1. The average molecular weight is 356 g/mol. The van der Waals surface area contributed by atoms with Gasteiger partial charge in [0.25, 0.3) is 0 Å². The van der Waals surface area contributed by atoms with Gasteiger partial charge in [0.15, 0.2) is 0 Å². The number of carboxylic acid groups (broad SMARTS) is 2. The number of hydrogen-bond donors (Lipinski definition) is 3. The molecule has 0 spiro atoms. The molecule has 0 radical (unpaired) electrons. The average Bonchev–Trinajstić information content (AvgIpc) is 2.54. The van der Waals surface area contributed by atoms with Gasteiger partial charge in [0.1, 0.15) is 5.82 Å². The minimum absolute atomic E-state index is 0.0787. The van der Waals surface area contributed by atoms with Crippen molar-refractivity contribution in [3.63, 3.8) is 0 Å². The van der Waals surface area contributed by atoms with Crippen molar-refractivity contribution in [2.24, 2.45) is 0 Å². The van der Waals surface area contributed by atoms with Crippen LogP contribution >= 0.6 is 0 Å². The molecule has 0 saturated carbocycles. The molecule has 0 bridgehead atoms. The van der Waals surface area contributed by atoms with Crippen LogP contribution in [0.3, 0.4) is 0 Å². The van der Waals surface area contributed by atoms with Crippen molar-refractivity contribution in [2.75, 3.05) is 6.61 Å². The maximum absolute atomic E-state index is 13.0. The van der Waals surface area contributed by atoms with Gasteiger partial charge < -0.3 is 15.3 Å². The van der Waals surface area contributed by atoms with Gasteiger partial charge >= 0.3 is 11.9 Å². The predicted molar refractivity (Wildman–Crippen MR) is 94.8 cm³/mol. The van der Waals surface area contributed by atoms with Crippen LogP contribution in [-0.4, -0.2) is 33.9 Å². The van der Waals surface area contributed by atoms with Crippen molar-refractivity contribution in [1.29, 1.82) is 0 Å². The normalized spacial score (nSPS) is 10.1. The van der Waals surface area contributed by atoms with Gasteiger partial charge in [-0.3, -0.25) is 0 Å². The fraction of sp³-hybridized carbons (Fsp3) is 0.579. The summed E-state index contributed by atoms with van der Waals surface area (Å²) in [5.74, 6) is -3.67. The van der Waals surface area contributed by atoms with Crippen LogP contribution in [0, 0.1) is 12.7 Å². The zero-order valence-corrected chi connectivity index (χ0v) is 15.1. The van der Waals surface area contributed by atoms with Crippen LogP contribution in [0.1, 0.15) is 84.6 Å². The molecule has 142 valence electrons. The summed E-state index contributed by atoms with van der Waals surface area (Å²) in [4.78, 5) is 21.2. The summed E-state index contributed by atoms with van der Waals surface area (Å²) >= 11 is 0. The Balaban J connectivity index is 0.000000477. The van der Waals surface area contributed by atoms with Gasteiger partial charge in [-0.05, 0) is 31.0 Å². The molecule has 1 rings (SSSR count). The Morgan fingerprint density at radius 3 is 1.88 bits per heavy atom. The fourth-order valence-corrected chi connectivity index (χ4v) is 2.42. The molecule has 0 aliphatic heterocycles. The molecule has 0 aliphatic carbocycles. The first kappa shape index (κ1) is 23.1. The Morgan fingerprint density at radius 1 is 0.920 bits per heavy atom. The van der Waals surface area contributed by atoms with Crippen molar-refractivity contribution in [2.45, 2.75) is 65.2 Å². The highest BCUT2D eigenvalue weighted by molar-refractivity contribution is 5.96. The first-order valence-electron chi connectivity index (χ1n) is 8.73. The van der Waals surface area contributed by atoms with Crippen molar-refractivity contribution in [1.82, 2.24) is 0 Å². The van der Waals surface area contributed by atoms with Crippen molar-refractivity contribution in [3.05, 3.63) is 34.6 Å². The number of rotatable bonds is 10. The molecule has 0 fully saturated rings. The molecule has 0 heterocycles. The Labute approximate surface area is 148 Å². The smallest absolute Gasteiger partial charge is 0.338 e. The van der Waals surface area contributed by atoms with E-state index in [0.29, 0.717) is 6.61 Å². The molecular formula is C19H29FO5. The molecule has 0 amide bonds. The van der Waals surface area contributed by atoms with Crippen molar-refractivity contribution < 1.29 is 29.3 Å². The van der Waals surface area contributed by atoms with E-state index in [1.54, 1.807) is 0 Å². The topological polar surface area (TPSA) is 94.8 Å². The highest BCUT2D eigenvalue weighted by atomic mass is 19.1. The molecule has 25 heavy (non-hydrogen) atoms. The van der Waals surface area contributed by atoms with Crippen LogP contribution in [0.4, 0.5) is 4.39 Å². The van der Waals surface area contributed by atoms with E-state index >= 15 is 0 Å². The minimum Gasteiger partial charge on any atom is -0.478 e. The lowest BCUT2D eigenvalue weighted by atomic mass is 10.0. The number of hydrogen-bond acceptors (Lipinski definition) is 3. The summed E-state index contributed by atoms with van der Waals surface area (Å²) in [5.41, 5.74) is -0.876. The lowest BCUT2D eigenvalue weighted by Gasteiger charge is -2.05. The number of aliphatic hydroxyl groups excluding tert-OH is 1. The van der Waals surface area contributed by atoms with E-state index in [0.717, 1.165) is 18.6 Å². The van der Waals surface area contributed by atoms with Crippen molar-refractivity contribution >= 4 is 11.9 Å². The monoisotopic (exact) mass is 356 g/mol. The Hall–Kier alpha value is -1.95. The van der Waals surface area contributed by atoms with Gasteiger partial charge in [-0.25, -0.2) is 14.0 Å². The number of carbonyl (C=O) groups is 2. The number of aromatic carboxylic acids is 2.